The van der Waals surface area contributed by atoms with Gasteiger partial charge in [0, 0.05) is 19.4 Å². The van der Waals surface area contributed by atoms with Crippen LogP contribution in [0.25, 0.3) is 0 Å². The van der Waals surface area contributed by atoms with E-state index in [1.807, 2.05) is 45.6 Å². The van der Waals surface area contributed by atoms with E-state index in [1.54, 1.807) is 0 Å². The topological polar surface area (TPSA) is 35.6 Å². The molecule has 2 heterocycles. The highest BCUT2D eigenvalue weighted by molar-refractivity contribution is 5.17. The van der Waals surface area contributed by atoms with Crippen LogP contribution < -0.4 is 0 Å². The van der Waals surface area contributed by atoms with Crippen molar-refractivity contribution < 1.29 is 0 Å². The average Bonchev–Trinajstić information content (AvgIpc) is 3.33. The Morgan fingerprint density at radius 1 is 1.00 bits per heavy atom. The Balaban J connectivity index is 0.000000387. The third kappa shape index (κ3) is 7.89. The minimum absolute atomic E-state index is 0.543. The zero-order valence-corrected chi connectivity index (χ0v) is 18.0. The zero-order valence-electron chi connectivity index (χ0n) is 18.0. The third-order valence-corrected chi connectivity index (χ3v) is 4.03. The van der Waals surface area contributed by atoms with Crippen LogP contribution in [0, 0.1) is 13.8 Å². The van der Waals surface area contributed by atoms with Gasteiger partial charge < -0.3 is 0 Å². The highest BCUT2D eigenvalue weighted by atomic mass is 15.3. The summed E-state index contributed by atoms with van der Waals surface area (Å²) in [6, 6.07) is 0.698. The summed E-state index contributed by atoms with van der Waals surface area (Å²) < 4.78 is 3.99. The van der Waals surface area contributed by atoms with Crippen molar-refractivity contribution in [2.45, 2.75) is 93.0 Å². The maximum Gasteiger partial charge on any atom is 0.0678 e. The molecular weight excluding hydrogens is 308 g/mol. The van der Waals surface area contributed by atoms with Crippen LogP contribution >= 0.6 is 0 Å². The predicted octanol–water partition coefficient (Wildman–Crippen LogP) is 6.21. The van der Waals surface area contributed by atoms with E-state index >= 15 is 0 Å². The molecule has 0 unspecified atom stereocenters. The van der Waals surface area contributed by atoms with E-state index in [0.29, 0.717) is 12.0 Å². The molecule has 0 atom stereocenters. The Bertz CT molecular complexity index is 560. The lowest BCUT2D eigenvalue weighted by atomic mass is 10.1. The third-order valence-electron chi connectivity index (χ3n) is 4.03. The Morgan fingerprint density at radius 3 is 1.88 bits per heavy atom. The van der Waals surface area contributed by atoms with Crippen molar-refractivity contribution in [1.29, 1.82) is 0 Å². The van der Waals surface area contributed by atoms with Gasteiger partial charge in [0.15, 0.2) is 0 Å². The van der Waals surface area contributed by atoms with E-state index in [9.17, 15) is 0 Å². The quantitative estimate of drug-likeness (QED) is 0.646. The molecule has 3 rings (SSSR count). The van der Waals surface area contributed by atoms with Gasteiger partial charge in [0.05, 0.1) is 17.9 Å². The molecule has 0 radical (unpaired) electrons. The molecule has 1 saturated carbocycles. The van der Waals surface area contributed by atoms with E-state index in [0.717, 1.165) is 0 Å². The van der Waals surface area contributed by atoms with Crippen LogP contribution in [0.3, 0.4) is 0 Å². The van der Waals surface area contributed by atoms with Crippen molar-refractivity contribution in [1.82, 2.24) is 19.6 Å². The van der Waals surface area contributed by atoms with Crippen LogP contribution in [0.15, 0.2) is 18.6 Å². The Hall–Kier alpha value is -1.58. The number of rotatable bonds is 2. The van der Waals surface area contributed by atoms with Gasteiger partial charge in [-0.25, -0.2) is 0 Å². The van der Waals surface area contributed by atoms with Crippen molar-refractivity contribution in [3.63, 3.8) is 0 Å². The molecule has 1 aliphatic carbocycles. The van der Waals surface area contributed by atoms with Crippen molar-refractivity contribution in [2.75, 3.05) is 0 Å². The fourth-order valence-electron chi connectivity index (χ4n) is 3.00. The lowest BCUT2D eigenvalue weighted by molar-refractivity contribution is 0.466. The first-order valence-electron chi connectivity index (χ1n) is 9.98. The van der Waals surface area contributed by atoms with Gasteiger partial charge >= 0.3 is 0 Å². The molecule has 0 aromatic carbocycles. The van der Waals surface area contributed by atoms with Crippen LogP contribution in [-0.2, 0) is 7.05 Å². The fraction of sp³-hybridized carbons (Fsp3) is 0.714. The number of hydrogen-bond acceptors (Lipinski definition) is 2. The van der Waals surface area contributed by atoms with E-state index in [2.05, 4.69) is 55.0 Å². The van der Waals surface area contributed by atoms with Crippen molar-refractivity contribution in [2.24, 2.45) is 7.05 Å². The Kier molecular flexibility index (Phi) is 11.9. The van der Waals surface area contributed by atoms with E-state index in [1.165, 1.54) is 42.5 Å². The molecular formula is C21H40N4. The fourth-order valence-corrected chi connectivity index (χ4v) is 3.00. The van der Waals surface area contributed by atoms with Gasteiger partial charge in [-0.2, -0.15) is 10.2 Å². The first kappa shape index (κ1) is 23.4. The molecule has 25 heavy (non-hydrogen) atoms. The second-order valence-corrected chi connectivity index (χ2v) is 6.46. The lowest BCUT2D eigenvalue weighted by Crippen LogP contribution is -2.04. The largest absolute Gasteiger partial charge is 0.275 e. The summed E-state index contributed by atoms with van der Waals surface area (Å²) in [5.41, 5.74) is 3.77. The second-order valence-electron chi connectivity index (χ2n) is 6.46. The molecule has 0 saturated heterocycles. The summed E-state index contributed by atoms with van der Waals surface area (Å²) in [5, 5.41) is 8.64. The van der Waals surface area contributed by atoms with E-state index in [-0.39, 0.29) is 0 Å². The molecule has 0 amide bonds. The van der Waals surface area contributed by atoms with Gasteiger partial charge in [0.2, 0.25) is 0 Å². The van der Waals surface area contributed by atoms with Crippen LogP contribution in [0.4, 0.5) is 0 Å². The minimum atomic E-state index is 0.543. The van der Waals surface area contributed by atoms with Gasteiger partial charge in [-0.3, -0.25) is 9.36 Å². The van der Waals surface area contributed by atoms with Crippen LogP contribution in [0.2, 0.25) is 0 Å². The highest BCUT2D eigenvalue weighted by Crippen LogP contribution is 2.28. The lowest BCUT2D eigenvalue weighted by Gasteiger charge is -2.07. The second kappa shape index (κ2) is 12.7. The number of aryl methyl sites for hydroxylation is 3. The Morgan fingerprint density at radius 2 is 1.56 bits per heavy atom. The first-order valence-corrected chi connectivity index (χ1v) is 9.98. The maximum absolute atomic E-state index is 4.33. The van der Waals surface area contributed by atoms with Crippen LogP contribution in [0.1, 0.15) is 96.0 Å². The monoisotopic (exact) mass is 348 g/mol. The van der Waals surface area contributed by atoms with Crippen LogP contribution in [-0.4, -0.2) is 19.6 Å². The normalized spacial score (nSPS) is 13.4. The summed E-state index contributed by atoms with van der Waals surface area (Å²) in [6.45, 7) is 16.5. The molecule has 2 aromatic rings. The van der Waals surface area contributed by atoms with E-state index in [4.69, 9.17) is 0 Å². The number of hydrogen-bond donors (Lipinski definition) is 0. The SMILES string of the molecule is CC.CC.Cc1cn(C)nc1C(C)C.Cc1cnn(C2CCCC2)c1. The predicted molar refractivity (Wildman–Crippen MR) is 109 cm³/mol. The van der Waals surface area contributed by atoms with Crippen LogP contribution in [0.5, 0.6) is 0 Å². The van der Waals surface area contributed by atoms with Gasteiger partial charge in [-0.05, 0) is 43.7 Å². The van der Waals surface area contributed by atoms with Gasteiger partial charge in [-0.1, -0.05) is 54.4 Å². The van der Waals surface area contributed by atoms with Crippen molar-refractivity contribution >= 4 is 0 Å². The molecule has 1 aliphatic rings. The molecule has 0 aliphatic heterocycles. The molecule has 144 valence electrons. The van der Waals surface area contributed by atoms with Gasteiger partial charge in [-0.15, -0.1) is 0 Å². The first-order chi connectivity index (χ1) is 12.0. The van der Waals surface area contributed by atoms with Crippen molar-refractivity contribution in [3.05, 3.63) is 35.4 Å². The summed E-state index contributed by atoms with van der Waals surface area (Å²) in [4.78, 5) is 0. The molecule has 0 N–H and O–H groups in total. The molecule has 1 fully saturated rings. The van der Waals surface area contributed by atoms with Gasteiger partial charge in [0.25, 0.3) is 0 Å². The smallest absolute Gasteiger partial charge is 0.0678 e. The summed E-state index contributed by atoms with van der Waals surface area (Å²) in [5.74, 6) is 0.543. The molecule has 2 aromatic heterocycles. The maximum atomic E-state index is 4.33. The number of aromatic nitrogens is 4. The van der Waals surface area contributed by atoms with Crippen molar-refractivity contribution in [3.8, 4) is 0 Å². The molecule has 4 nitrogen and oxygen atoms in total. The molecule has 0 bridgehead atoms. The molecule has 0 spiro atoms. The minimum Gasteiger partial charge on any atom is -0.275 e. The summed E-state index contributed by atoms with van der Waals surface area (Å²) >= 11 is 0. The summed E-state index contributed by atoms with van der Waals surface area (Å²) in [7, 11) is 1.96. The van der Waals surface area contributed by atoms with Gasteiger partial charge in [0.1, 0.15) is 0 Å². The van der Waals surface area contributed by atoms with E-state index < -0.39 is 0 Å². The Labute approximate surface area is 155 Å². The highest BCUT2D eigenvalue weighted by Gasteiger charge is 2.16. The zero-order chi connectivity index (χ0) is 19.4. The average molecular weight is 349 g/mol. The molecule has 4 heteroatoms. The standard InChI is InChI=1S/C9H14N2.C8H14N2.2C2H6/c1-8-6-10-11(7-8)9-4-2-3-5-9;1-6(2)8-7(3)5-10(4)9-8;2*1-2/h6-7,9H,2-5H2,1H3;5-6H,1-4H3;2*1-2H3. The number of nitrogens with zero attached hydrogens (tertiary/aromatic N) is 4. The summed E-state index contributed by atoms with van der Waals surface area (Å²) in [6.07, 6.45) is 11.5.